The van der Waals surface area contributed by atoms with E-state index in [1.807, 2.05) is 24.3 Å². The lowest BCUT2D eigenvalue weighted by molar-refractivity contribution is -0.127. The van der Waals surface area contributed by atoms with Crippen LogP contribution in [0.4, 0.5) is 5.69 Å². The molecular weight excluding hydrogens is 228 g/mol. The van der Waals surface area contributed by atoms with E-state index in [4.69, 9.17) is 4.74 Å². The summed E-state index contributed by atoms with van der Waals surface area (Å²) >= 11 is 0. The fraction of sp³-hybridized carbons (Fsp3) is 0.500. The van der Waals surface area contributed by atoms with E-state index in [9.17, 15) is 4.79 Å². The standard InChI is InChI=1S/C14H18N2O2/c1-14(2)7-12(14)16-13(17)11-8-15-9-5-3-4-6-10(9)18-11/h3-6,11-12,15H,7-8H2,1-2H3,(H,16,17). The Balaban J connectivity index is 1.64. The number of carbonyl (C=O) groups is 1. The molecule has 4 nitrogen and oxygen atoms in total. The van der Waals surface area contributed by atoms with Crippen molar-refractivity contribution in [2.45, 2.75) is 32.4 Å². The van der Waals surface area contributed by atoms with Gasteiger partial charge in [-0.15, -0.1) is 0 Å². The lowest BCUT2D eigenvalue weighted by atomic mass is 10.2. The third kappa shape index (κ3) is 2.03. The van der Waals surface area contributed by atoms with Crippen LogP contribution in [0.3, 0.4) is 0 Å². The first-order chi connectivity index (χ1) is 8.56. The summed E-state index contributed by atoms with van der Waals surface area (Å²) in [6.45, 7) is 4.84. The molecule has 18 heavy (non-hydrogen) atoms. The third-order valence-corrected chi connectivity index (χ3v) is 3.76. The van der Waals surface area contributed by atoms with Gasteiger partial charge < -0.3 is 15.4 Å². The van der Waals surface area contributed by atoms with Gasteiger partial charge in [0.15, 0.2) is 6.10 Å². The Hall–Kier alpha value is -1.71. The van der Waals surface area contributed by atoms with Gasteiger partial charge in [-0.2, -0.15) is 0 Å². The normalized spacial score (nSPS) is 27.4. The summed E-state index contributed by atoms with van der Waals surface area (Å²) in [5.74, 6) is 0.728. The molecule has 1 aliphatic heterocycles. The number of hydrogen-bond donors (Lipinski definition) is 2. The van der Waals surface area contributed by atoms with Gasteiger partial charge >= 0.3 is 0 Å². The van der Waals surface area contributed by atoms with Crippen LogP contribution >= 0.6 is 0 Å². The first-order valence-electron chi connectivity index (χ1n) is 6.36. The van der Waals surface area contributed by atoms with E-state index in [1.165, 1.54) is 0 Å². The summed E-state index contributed by atoms with van der Waals surface area (Å²) < 4.78 is 5.72. The second-order valence-electron chi connectivity index (χ2n) is 5.74. The van der Waals surface area contributed by atoms with E-state index in [1.54, 1.807) is 0 Å². The average Bonchev–Trinajstić information content (AvgIpc) is 2.95. The highest BCUT2D eigenvalue weighted by Crippen LogP contribution is 2.44. The molecule has 1 heterocycles. The molecule has 0 saturated heterocycles. The van der Waals surface area contributed by atoms with Crippen molar-refractivity contribution in [1.82, 2.24) is 5.32 Å². The van der Waals surface area contributed by atoms with Crippen LogP contribution in [0, 0.1) is 5.41 Å². The molecular formula is C14H18N2O2. The third-order valence-electron chi connectivity index (χ3n) is 3.76. The van der Waals surface area contributed by atoms with Crippen molar-refractivity contribution in [2.24, 2.45) is 5.41 Å². The number of benzene rings is 1. The Morgan fingerprint density at radius 1 is 1.44 bits per heavy atom. The Bertz CT molecular complexity index is 484. The minimum absolute atomic E-state index is 0.0208. The highest BCUT2D eigenvalue weighted by molar-refractivity contribution is 5.83. The molecule has 1 amide bonds. The molecule has 0 spiro atoms. The van der Waals surface area contributed by atoms with Crippen LogP contribution in [0.25, 0.3) is 0 Å². The van der Waals surface area contributed by atoms with E-state index >= 15 is 0 Å². The van der Waals surface area contributed by atoms with Crippen molar-refractivity contribution in [3.63, 3.8) is 0 Å². The van der Waals surface area contributed by atoms with E-state index in [2.05, 4.69) is 24.5 Å². The topological polar surface area (TPSA) is 50.4 Å². The van der Waals surface area contributed by atoms with Gasteiger partial charge in [-0.3, -0.25) is 4.79 Å². The lowest BCUT2D eigenvalue weighted by Crippen LogP contribution is -2.46. The molecule has 0 radical (unpaired) electrons. The second kappa shape index (κ2) is 3.90. The average molecular weight is 246 g/mol. The fourth-order valence-corrected chi connectivity index (χ4v) is 2.24. The van der Waals surface area contributed by atoms with Gasteiger partial charge in [0, 0.05) is 6.04 Å². The van der Waals surface area contributed by atoms with Crippen LogP contribution in [-0.4, -0.2) is 24.6 Å². The molecule has 2 aliphatic rings. The van der Waals surface area contributed by atoms with Crippen molar-refractivity contribution in [3.05, 3.63) is 24.3 Å². The van der Waals surface area contributed by atoms with Gasteiger partial charge in [-0.25, -0.2) is 0 Å². The Kier molecular flexibility index (Phi) is 2.47. The first-order valence-corrected chi connectivity index (χ1v) is 6.36. The van der Waals surface area contributed by atoms with Crippen LogP contribution in [0.15, 0.2) is 24.3 Å². The van der Waals surface area contributed by atoms with Gasteiger partial charge in [0.05, 0.1) is 12.2 Å². The van der Waals surface area contributed by atoms with Crippen LogP contribution in [0.2, 0.25) is 0 Å². The smallest absolute Gasteiger partial charge is 0.263 e. The van der Waals surface area contributed by atoms with Crippen molar-refractivity contribution < 1.29 is 9.53 Å². The lowest BCUT2D eigenvalue weighted by Gasteiger charge is -2.26. The molecule has 3 rings (SSSR count). The van der Waals surface area contributed by atoms with Crippen molar-refractivity contribution in [1.29, 1.82) is 0 Å². The zero-order chi connectivity index (χ0) is 12.8. The monoisotopic (exact) mass is 246 g/mol. The van der Waals surface area contributed by atoms with E-state index < -0.39 is 6.10 Å². The van der Waals surface area contributed by atoms with Crippen LogP contribution in [-0.2, 0) is 4.79 Å². The molecule has 2 N–H and O–H groups in total. The minimum Gasteiger partial charge on any atom is -0.477 e. The highest BCUT2D eigenvalue weighted by atomic mass is 16.5. The van der Waals surface area contributed by atoms with Crippen LogP contribution < -0.4 is 15.4 Å². The maximum Gasteiger partial charge on any atom is 0.263 e. The maximum absolute atomic E-state index is 12.1. The number of ether oxygens (including phenoxy) is 1. The summed E-state index contributed by atoms with van der Waals surface area (Å²) in [6.07, 6.45) is 0.617. The minimum atomic E-state index is -0.434. The fourth-order valence-electron chi connectivity index (χ4n) is 2.24. The molecule has 2 unspecified atom stereocenters. The Morgan fingerprint density at radius 3 is 2.89 bits per heavy atom. The van der Waals surface area contributed by atoms with E-state index in [-0.39, 0.29) is 11.3 Å². The molecule has 1 fully saturated rings. The molecule has 4 heteroatoms. The van der Waals surface area contributed by atoms with E-state index in [0.717, 1.165) is 17.9 Å². The van der Waals surface area contributed by atoms with Crippen LogP contribution in [0.5, 0.6) is 5.75 Å². The van der Waals surface area contributed by atoms with Gasteiger partial charge in [0.2, 0.25) is 0 Å². The quantitative estimate of drug-likeness (QED) is 0.836. The van der Waals surface area contributed by atoms with Crippen LogP contribution in [0.1, 0.15) is 20.3 Å². The van der Waals surface area contributed by atoms with Gasteiger partial charge in [-0.1, -0.05) is 26.0 Å². The van der Waals surface area contributed by atoms with Gasteiger partial charge in [0.1, 0.15) is 5.75 Å². The summed E-state index contributed by atoms with van der Waals surface area (Å²) in [5, 5.41) is 6.26. The number of nitrogens with one attached hydrogen (secondary N) is 2. The number of rotatable bonds is 2. The molecule has 0 aromatic heterocycles. The number of hydrogen-bond acceptors (Lipinski definition) is 3. The molecule has 1 saturated carbocycles. The number of amides is 1. The van der Waals surface area contributed by atoms with E-state index in [0.29, 0.717) is 12.6 Å². The zero-order valence-corrected chi connectivity index (χ0v) is 10.7. The summed E-state index contributed by atoms with van der Waals surface area (Å²) in [6, 6.07) is 7.98. The summed E-state index contributed by atoms with van der Waals surface area (Å²) in [4.78, 5) is 12.1. The molecule has 96 valence electrons. The SMILES string of the molecule is CC1(C)CC1NC(=O)C1CNc2ccccc2O1. The molecule has 1 aromatic rings. The van der Waals surface area contributed by atoms with Crippen molar-refractivity contribution in [3.8, 4) is 5.75 Å². The van der Waals surface area contributed by atoms with Gasteiger partial charge in [0.25, 0.3) is 5.91 Å². The number of para-hydroxylation sites is 2. The molecule has 2 atom stereocenters. The Labute approximate surface area is 107 Å². The Morgan fingerprint density at radius 2 is 2.17 bits per heavy atom. The van der Waals surface area contributed by atoms with Crippen molar-refractivity contribution >= 4 is 11.6 Å². The predicted molar refractivity (Wildman–Crippen MR) is 69.7 cm³/mol. The first kappa shape index (κ1) is 11.4. The molecule has 1 aromatic carbocycles. The zero-order valence-electron chi connectivity index (χ0n) is 10.7. The number of anilines is 1. The van der Waals surface area contributed by atoms with Gasteiger partial charge in [-0.05, 0) is 24.0 Å². The van der Waals surface area contributed by atoms with Crippen molar-refractivity contribution in [2.75, 3.05) is 11.9 Å². The largest absolute Gasteiger partial charge is 0.477 e. The maximum atomic E-state index is 12.1. The predicted octanol–water partition coefficient (Wildman–Crippen LogP) is 1.77. The number of fused-ring (bicyclic) bond motifs is 1. The summed E-state index contributed by atoms with van der Waals surface area (Å²) in [5.41, 5.74) is 1.20. The molecule has 0 bridgehead atoms. The molecule has 1 aliphatic carbocycles. The highest BCUT2D eigenvalue weighted by Gasteiger charge is 2.47. The second-order valence-corrected chi connectivity index (χ2v) is 5.74. The summed E-state index contributed by atoms with van der Waals surface area (Å²) in [7, 11) is 0. The number of carbonyl (C=O) groups excluding carboxylic acids is 1.